The summed E-state index contributed by atoms with van der Waals surface area (Å²) in [6.45, 7) is 7.98. The molecule has 0 bridgehead atoms. The van der Waals surface area contributed by atoms with E-state index in [0.717, 1.165) is 13.0 Å². The first-order valence-corrected chi connectivity index (χ1v) is 7.71. The van der Waals surface area contributed by atoms with E-state index in [1.165, 1.54) is 55.5 Å². The summed E-state index contributed by atoms with van der Waals surface area (Å²) in [6.07, 6.45) is 6.60. The molecule has 0 amide bonds. The number of hydrogen-bond donors (Lipinski definition) is 1. The first kappa shape index (κ1) is 14.5. The second kappa shape index (κ2) is 7.06. The zero-order valence-electron chi connectivity index (χ0n) is 12.5. The predicted molar refractivity (Wildman–Crippen MR) is 82.4 cm³/mol. The Balaban J connectivity index is 1.87. The molecule has 1 aliphatic heterocycles. The molecule has 19 heavy (non-hydrogen) atoms. The molecule has 1 fully saturated rings. The maximum absolute atomic E-state index is 6.36. The SMILES string of the molecule is Cc1cc(C)cc(C(N)CCN2CCCCCC2)c1. The van der Waals surface area contributed by atoms with E-state index in [2.05, 4.69) is 36.9 Å². The molecule has 0 aromatic heterocycles. The van der Waals surface area contributed by atoms with Crippen molar-refractivity contribution in [3.63, 3.8) is 0 Å². The van der Waals surface area contributed by atoms with E-state index in [0.29, 0.717) is 0 Å². The molecular formula is C17H28N2. The van der Waals surface area contributed by atoms with Crippen molar-refractivity contribution in [3.05, 3.63) is 34.9 Å². The van der Waals surface area contributed by atoms with Gasteiger partial charge in [0.05, 0.1) is 0 Å². The lowest BCUT2D eigenvalue weighted by molar-refractivity contribution is 0.273. The van der Waals surface area contributed by atoms with Crippen molar-refractivity contribution in [1.82, 2.24) is 4.90 Å². The van der Waals surface area contributed by atoms with Crippen LogP contribution in [-0.4, -0.2) is 24.5 Å². The van der Waals surface area contributed by atoms with Gasteiger partial charge in [0.25, 0.3) is 0 Å². The zero-order chi connectivity index (χ0) is 13.7. The van der Waals surface area contributed by atoms with Crippen LogP contribution in [-0.2, 0) is 0 Å². The molecule has 0 spiro atoms. The molecule has 106 valence electrons. The van der Waals surface area contributed by atoms with Gasteiger partial charge in [-0.25, -0.2) is 0 Å². The van der Waals surface area contributed by atoms with Gasteiger partial charge < -0.3 is 10.6 Å². The lowest BCUT2D eigenvalue weighted by atomic mass is 9.99. The molecule has 0 aliphatic carbocycles. The van der Waals surface area contributed by atoms with Crippen molar-refractivity contribution in [1.29, 1.82) is 0 Å². The minimum absolute atomic E-state index is 0.182. The summed E-state index contributed by atoms with van der Waals surface area (Å²) in [4.78, 5) is 2.59. The van der Waals surface area contributed by atoms with Gasteiger partial charge >= 0.3 is 0 Å². The third-order valence-electron chi connectivity index (χ3n) is 4.13. The molecule has 1 atom stereocenters. The van der Waals surface area contributed by atoms with Gasteiger partial charge in [-0.2, -0.15) is 0 Å². The number of benzene rings is 1. The Morgan fingerprint density at radius 2 is 1.58 bits per heavy atom. The van der Waals surface area contributed by atoms with Crippen molar-refractivity contribution in [3.8, 4) is 0 Å². The number of rotatable bonds is 4. The maximum Gasteiger partial charge on any atom is 0.0307 e. The summed E-state index contributed by atoms with van der Waals surface area (Å²) in [7, 11) is 0. The van der Waals surface area contributed by atoms with Crippen molar-refractivity contribution in [2.45, 2.75) is 52.0 Å². The smallest absolute Gasteiger partial charge is 0.0307 e. The minimum Gasteiger partial charge on any atom is -0.324 e. The molecule has 2 nitrogen and oxygen atoms in total. The van der Waals surface area contributed by atoms with Gasteiger partial charge in [0, 0.05) is 6.04 Å². The van der Waals surface area contributed by atoms with E-state index >= 15 is 0 Å². The van der Waals surface area contributed by atoms with Gasteiger partial charge in [-0.1, -0.05) is 42.2 Å². The Kier molecular flexibility index (Phi) is 5.41. The van der Waals surface area contributed by atoms with E-state index in [4.69, 9.17) is 5.73 Å². The van der Waals surface area contributed by atoms with Crippen LogP contribution in [0.2, 0.25) is 0 Å². The zero-order valence-corrected chi connectivity index (χ0v) is 12.5. The van der Waals surface area contributed by atoms with E-state index in [-0.39, 0.29) is 6.04 Å². The number of hydrogen-bond acceptors (Lipinski definition) is 2. The Morgan fingerprint density at radius 3 is 2.16 bits per heavy atom. The lowest BCUT2D eigenvalue weighted by Crippen LogP contribution is -2.28. The molecule has 1 aromatic carbocycles. The minimum atomic E-state index is 0.182. The van der Waals surface area contributed by atoms with Gasteiger partial charge in [-0.05, 0) is 58.3 Å². The van der Waals surface area contributed by atoms with Crippen LogP contribution in [0.25, 0.3) is 0 Å². The van der Waals surface area contributed by atoms with Crippen LogP contribution in [0.1, 0.15) is 54.8 Å². The second-order valence-corrected chi connectivity index (χ2v) is 6.07. The molecule has 1 heterocycles. The number of likely N-dealkylation sites (tertiary alicyclic amines) is 1. The Hall–Kier alpha value is -0.860. The van der Waals surface area contributed by atoms with Crippen LogP contribution >= 0.6 is 0 Å². The molecule has 1 saturated heterocycles. The van der Waals surface area contributed by atoms with Gasteiger partial charge in [-0.15, -0.1) is 0 Å². The van der Waals surface area contributed by atoms with E-state index < -0.39 is 0 Å². The fraction of sp³-hybridized carbons (Fsp3) is 0.647. The molecule has 0 saturated carbocycles. The van der Waals surface area contributed by atoms with Crippen molar-refractivity contribution < 1.29 is 0 Å². The van der Waals surface area contributed by atoms with E-state index in [1.807, 2.05) is 0 Å². The summed E-state index contributed by atoms with van der Waals surface area (Å²) < 4.78 is 0. The quantitative estimate of drug-likeness (QED) is 0.896. The highest BCUT2D eigenvalue weighted by molar-refractivity contribution is 5.30. The number of nitrogens with two attached hydrogens (primary N) is 1. The van der Waals surface area contributed by atoms with Crippen molar-refractivity contribution in [2.24, 2.45) is 5.73 Å². The van der Waals surface area contributed by atoms with Crippen molar-refractivity contribution in [2.75, 3.05) is 19.6 Å². The highest BCUT2D eigenvalue weighted by Crippen LogP contribution is 2.19. The standard InChI is InChI=1S/C17H28N2/c1-14-11-15(2)13-16(12-14)17(18)7-10-19-8-5-3-4-6-9-19/h11-13,17H,3-10,18H2,1-2H3. The first-order valence-electron chi connectivity index (χ1n) is 7.71. The highest BCUT2D eigenvalue weighted by Gasteiger charge is 2.12. The fourth-order valence-electron chi connectivity index (χ4n) is 3.07. The molecule has 2 N–H and O–H groups in total. The summed E-state index contributed by atoms with van der Waals surface area (Å²) in [6, 6.07) is 6.87. The Bertz CT molecular complexity index is 372. The van der Waals surface area contributed by atoms with E-state index in [1.54, 1.807) is 0 Å². The van der Waals surface area contributed by atoms with Crippen LogP contribution in [0, 0.1) is 13.8 Å². The summed E-state index contributed by atoms with van der Waals surface area (Å²) in [5.74, 6) is 0. The van der Waals surface area contributed by atoms with Gasteiger partial charge in [0.15, 0.2) is 0 Å². The summed E-state index contributed by atoms with van der Waals surface area (Å²) in [5, 5.41) is 0. The molecule has 1 unspecified atom stereocenters. The van der Waals surface area contributed by atoms with Crippen LogP contribution in [0.4, 0.5) is 0 Å². The van der Waals surface area contributed by atoms with Crippen molar-refractivity contribution >= 4 is 0 Å². The topological polar surface area (TPSA) is 29.3 Å². The van der Waals surface area contributed by atoms with Crippen LogP contribution in [0.5, 0.6) is 0 Å². The normalized spacial score (nSPS) is 19.1. The molecule has 1 aliphatic rings. The maximum atomic E-state index is 6.36. The number of nitrogens with zero attached hydrogens (tertiary/aromatic N) is 1. The van der Waals surface area contributed by atoms with Gasteiger partial charge in [0.2, 0.25) is 0 Å². The molecule has 2 heteroatoms. The van der Waals surface area contributed by atoms with E-state index in [9.17, 15) is 0 Å². The first-order chi connectivity index (χ1) is 9.15. The number of aryl methyl sites for hydroxylation is 2. The monoisotopic (exact) mass is 260 g/mol. The third-order valence-corrected chi connectivity index (χ3v) is 4.13. The summed E-state index contributed by atoms with van der Waals surface area (Å²) in [5.41, 5.74) is 10.3. The second-order valence-electron chi connectivity index (χ2n) is 6.07. The Labute approximate surface area is 118 Å². The van der Waals surface area contributed by atoms with Gasteiger partial charge in [-0.3, -0.25) is 0 Å². The average Bonchev–Trinajstić information content (AvgIpc) is 2.63. The largest absolute Gasteiger partial charge is 0.324 e. The lowest BCUT2D eigenvalue weighted by Gasteiger charge is -2.22. The predicted octanol–water partition coefficient (Wildman–Crippen LogP) is 3.57. The summed E-state index contributed by atoms with van der Waals surface area (Å²) >= 11 is 0. The molecule has 0 radical (unpaired) electrons. The van der Waals surface area contributed by atoms with Gasteiger partial charge in [0.1, 0.15) is 0 Å². The molecule has 2 rings (SSSR count). The van der Waals surface area contributed by atoms with Crippen LogP contribution in [0.15, 0.2) is 18.2 Å². The highest BCUT2D eigenvalue weighted by atomic mass is 15.1. The molecular weight excluding hydrogens is 232 g/mol. The molecule has 1 aromatic rings. The van der Waals surface area contributed by atoms with Crippen LogP contribution < -0.4 is 5.73 Å². The third kappa shape index (κ3) is 4.63. The fourth-order valence-corrected chi connectivity index (χ4v) is 3.07. The Morgan fingerprint density at radius 1 is 1.00 bits per heavy atom. The average molecular weight is 260 g/mol. The van der Waals surface area contributed by atoms with Crippen LogP contribution in [0.3, 0.4) is 0 Å².